The second kappa shape index (κ2) is 8.95. The summed E-state index contributed by atoms with van der Waals surface area (Å²) < 4.78 is 5.06. The molecule has 2 N–H and O–H groups in total. The molecule has 1 amide bonds. The highest BCUT2D eigenvalue weighted by Gasteiger charge is 2.26. The molecule has 0 saturated heterocycles. The molecule has 0 aliphatic heterocycles. The summed E-state index contributed by atoms with van der Waals surface area (Å²) in [5.41, 5.74) is 0. The molecule has 1 fully saturated rings. The fourth-order valence-corrected chi connectivity index (χ4v) is 2.54. The minimum absolute atomic E-state index is 0.0329. The first kappa shape index (κ1) is 17.0. The topological polar surface area (TPSA) is 67.4 Å². The van der Waals surface area contributed by atoms with Crippen molar-refractivity contribution >= 4 is 11.9 Å². The van der Waals surface area contributed by atoms with Crippen LogP contribution in [0.3, 0.4) is 0 Å². The van der Waals surface area contributed by atoms with Crippen LogP contribution in [0.15, 0.2) is 0 Å². The number of amides is 1. The van der Waals surface area contributed by atoms with Gasteiger partial charge in [-0.1, -0.05) is 33.1 Å². The van der Waals surface area contributed by atoms with Crippen molar-refractivity contribution in [1.82, 2.24) is 10.6 Å². The zero-order chi connectivity index (χ0) is 15.0. The van der Waals surface area contributed by atoms with Crippen LogP contribution in [0.5, 0.6) is 0 Å². The van der Waals surface area contributed by atoms with E-state index in [0.717, 1.165) is 19.3 Å². The lowest BCUT2D eigenvalue weighted by molar-refractivity contribution is -0.147. The van der Waals surface area contributed by atoms with Crippen molar-refractivity contribution in [3.05, 3.63) is 0 Å². The molecule has 5 nitrogen and oxygen atoms in total. The summed E-state index contributed by atoms with van der Waals surface area (Å²) in [4.78, 5) is 23.8. The summed E-state index contributed by atoms with van der Waals surface area (Å²) in [6.45, 7) is 6.34. The Morgan fingerprint density at radius 2 is 1.90 bits per heavy atom. The van der Waals surface area contributed by atoms with Gasteiger partial charge in [0.1, 0.15) is 6.04 Å². The van der Waals surface area contributed by atoms with Gasteiger partial charge in [0.05, 0.1) is 13.2 Å². The molecule has 116 valence electrons. The van der Waals surface area contributed by atoms with Gasteiger partial charge in [-0.3, -0.25) is 14.9 Å². The van der Waals surface area contributed by atoms with E-state index in [0.29, 0.717) is 12.6 Å². The highest BCUT2D eigenvalue weighted by Crippen LogP contribution is 2.17. The van der Waals surface area contributed by atoms with Crippen LogP contribution in [0.2, 0.25) is 0 Å². The normalized spacial score (nSPS) is 18.6. The van der Waals surface area contributed by atoms with Gasteiger partial charge >= 0.3 is 5.97 Å². The summed E-state index contributed by atoms with van der Waals surface area (Å²) in [7, 11) is 0. The molecule has 1 aliphatic carbocycles. The molecule has 1 saturated carbocycles. The Bertz CT molecular complexity index is 314. The third kappa shape index (κ3) is 5.49. The van der Waals surface area contributed by atoms with Gasteiger partial charge in [0.25, 0.3) is 0 Å². The fourth-order valence-electron chi connectivity index (χ4n) is 2.54. The van der Waals surface area contributed by atoms with Gasteiger partial charge in [-0.2, -0.15) is 0 Å². The molecule has 0 aromatic carbocycles. The predicted octanol–water partition coefficient (Wildman–Crippen LogP) is 1.61. The second-order valence-electron chi connectivity index (χ2n) is 5.55. The van der Waals surface area contributed by atoms with Crippen LogP contribution in [-0.4, -0.2) is 37.1 Å². The van der Waals surface area contributed by atoms with Crippen molar-refractivity contribution in [3.63, 3.8) is 0 Å². The molecule has 5 heteroatoms. The number of hydrogen-bond donors (Lipinski definition) is 2. The monoisotopic (exact) mass is 284 g/mol. The first-order valence-electron chi connectivity index (χ1n) is 7.77. The highest BCUT2D eigenvalue weighted by atomic mass is 16.5. The molecular weight excluding hydrogens is 256 g/mol. The van der Waals surface area contributed by atoms with Crippen molar-refractivity contribution in [2.24, 2.45) is 5.92 Å². The summed E-state index contributed by atoms with van der Waals surface area (Å²) in [6, 6.07) is -0.0942. The SMILES string of the molecule is CCOC(=O)[C@@H](NCC(=O)NC1CCCC1)[C@@H](C)CC. The number of carbonyl (C=O) groups is 2. The van der Waals surface area contributed by atoms with Crippen LogP contribution in [0.25, 0.3) is 0 Å². The largest absolute Gasteiger partial charge is 0.465 e. The van der Waals surface area contributed by atoms with Crippen molar-refractivity contribution in [2.75, 3.05) is 13.2 Å². The Morgan fingerprint density at radius 1 is 1.25 bits per heavy atom. The summed E-state index contributed by atoms with van der Waals surface area (Å²) in [5.74, 6) is -0.154. The Labute approximate surface area is 121 Å². The highest BCUT2D eigenvalue weighted by molar-refractivity contribution is 5.80. The number of nitrogens with one attached hydrogen (secondary N) is 2. The molecule has 1 aliphatic rings. The molecule has 0 radical (unpaired) electrons. The van der Waals surface area contributed by atoms with E-state index < -0.39 is 6.04 Å². The predicted molar refractivity (Wildman–Crippen MR) is 78.3 cm³/mol. The van der Waals surface area contributed by atoms with Crippen LogP contribution in [-0.2, 0) is 14.3 Å². The fraction of sp³-hybridized carbons (Fsp3) is 0.867. The van der Waals surface area contributed by atoms with Gasteiger partial charge in [-0.15, -0.1) is 0 Å². The van der Waals surface area contributed by atoms with E-state index in [-0.39, 0.29) is 24.3 Å². The number of carbonyl (C=O) groups excluding carboxylic acids is 2. The van der Waals surface area contributed by atoms with Crippen molar-refractivity contribution in [2.45, 2.75) is 65.0 Å². The number of esters is 1. The Balaban J connectivity index is 2.39. The summed E-state index contributed by atoms with van der Waals surface area (Å²) >= 11 is 0. The van der Waals surface area contributed by atoms with Crippen LogP contribution < -0.4 is 10.6 Å². The first-order valence-corrected chi connectivity index (χ1v) is 7.77. The third-order valence-electron chi connectivity index (χ3n) is 3.96. The maximum absolute atomic E-state index is 11.9. The number of hydrogen-bond acceptors (Lipinski definition) is 4. The average Bonchev–Trinajstić information content (AvgIpc) is 2.91. The lowest BCUT2D eigenvalue weighted by Crippen LogP contribution is -2.48. The lowest BCUT2D eigenvalue weighted by atomic mass is 9.99. The quantitative estimate of drug-likeness (QED) is 0.665. The van der Waals surface area contributed by atoms with Crippen LogP contribution in [0.1, 0.15) is 52.9 Å². The molecule has 0 aromatic heterocycles. The van der Waals surface area contributed by atoms with Gasteiger partial charge in [0.2, 0.25) is 5.91 Å². The first-order chi connectivity index (χ1) is 9.58. The molecule has 0 unspecified atom stereocenters. The van der Waals surface area contributed by atoms with E-state index in [2.05, 4.69) is 10.6 Å². The molecule has 1 rings (SSSR count). The second-order valence-corrected chi connectivity index (χ2v) is 5.55. The van der Waals surface area contributed by atoms with Gasteiger partial charge < -0.3 is 10.1 Å². The van der Waals surface area contributed by atoms with Crippen molar-refractivity contribution in [1.29, 1.82) is 0 Å². The van der Waals surface area contributed by atoms with E-state index in [9.17, 15) is 9.59 Å². The molecule has 0 spiro atoms. The zero-order valence-electron chi connectivity index (χ0n) is 12.9. The molecule has 0 heterocycles. The zero-order valence-corrected chi connectivity index (χ0v) is 12.9. The smallest absolute Gasteiger partial charge is 0.323 e. The van der Waals surface area contributed by atoms with Gasteiger partial charge in [0, 0.05) is 6.04 Å². The minimum Gasteiger partial charge on any atom is -0.465 e. The Morgan fingerprint density at radius 3 is 2.45 bits per heavy atom. The maximum Gasteiger partial charge on any atom is 0.323 e. The molecular formula is C15H28N2O3. The van der Waals surface area contributed by atoms with E-state index >= 15 is 0 Å². The van der Waals surface area contributed by atoms with Crippen LogP contribution in [0, 0.1) is 5.92 Å². The standard InChI is InChI=1S/C15H28N2O3/c1-4-11(3)14(15(19)20-5-2)16-10-13(18)17-12-8-6-7-9-12/h11-12,14,16H,4-10H2,1-3H3,(H,17,18)/t11-,14-/m0/s1. The van der Waals surface area contributed by atoms with E-state index in [1.54, 1.807) is 6.92 Å². The number of ether oxygens (including phenoxy) is 1. The molecule has 0 bridgehead atoms. The maximum atomic E-state index is 11.9. The molecule has 0 aromatic rings. The van der Waals surface area contributed by atoms with Crippen LogP contribution >= 0.6 is 0 Å². The van der Waals surface area contributed by atoms with Crippen molar-refractivity contribution in [3.8, 4) is 0 Å². The van der Waals surface area contributed by atoms with Crippen LogP contribution in [0.4, 0.5) is 0 Å². The molecule has 2 atom stereocenters. The minimum atomic E-state index is -0.408. The average molecular weight is 284 g/mol. The van der Waals surface area contributed by atoms with Gasteiger partial charge in [0.15, 0.2) is 0 Å². The number of rotatable bonds is 8. The third-order valence-corrected chi connectivity index (χ3v) is 3.96. The van der Waals surface area contributed by atoms with E-state index in [1.165, 1.54) is 12.8 Å². The lowest BCUT2D eigenvalue weighted by Gasteiger charge is -2.22. The van der Waals surface area contributed by atoms with E-state index in [4.69, 9.17) is 4.74 Å². The van der Waals surface area contributed by atoms with Crippen molar-refractivity contribution < 1.29 is 14.3 Å². The Hall–Kier alpha value is -1.10. The van der Waals surface area contributed by atoms with E-state index in [1.807, 2.05) is 13.8 Å². The summed E-state index contributed by atoms with van der Waals surface area (Å²) in [6.07, 6.45) is 5.38. The summed E-state index contributed by atoms with van der Waals surface area (Å²) in [5, 5.41) is 6.05. The van der Waals surface area contributed by atoms with Gasteiger partial charge in [-0.25, -0.2) is 0 Å². The molecule has 20 heavy (non-hydrogen) atoms. The van der Waals surface area contributed by atoms with Gasteiger partial charge in [-0.05, 0) is 25.7 Å². The Kier molecular flexibility index (Phi) is 7.59.